The Morgan fingerprint density at radius 2 is 1.66 bits per heavy atom. The zero-order valence-electron chi connectivity index (χ0n) is 19.0. The summed E-state index contributed by atoms with van der Waals surface area (Å²) in [5.74, 6) is 2.01. The number of rotatable bonds is 10. The molecule has 0 aliphatic rings. The lowest BCUT2D eigenvalue weighted by molar-refractivity contribution is -0.120. The van der Waals surface area contributed by atoms with Crippen LogP contribution in [0.2, 0.25) is 0 Å². The van der Waals surface area contributed by atoms with Crippen molar-refractivity contribution in [2.24, 2.45) is 0 Å². The van der Waals surface area contributed by atoms with Gasteiger partial charge in [-0.05, 0) is 49.9 Å². The van der Waals surface area contributed by atoms with Crippen molar-refractivity contribution in [3.8, 4) is 17.2 Å². The summed E-state index contributed by atoms with van der Waals surface area (Å²) < 4.78 is 16.7. The number of amides is 1. The first kappa shape index (κ1) is 23.2. The van der Waals surface area contributed by atoms with Gasteiger partial charge >= 0.3 is 0 Å². The molecule has 0 bridgehead atoms. The SMILES string of the molecule is COc1cccc(CN(C)C(C)C(=O)Nc2ccc(OCc3ccccc3)cc2)c1OC. The molecule has 6 nitrogen and oxygen atoms in total. The Kier molecular flexibility index (Phi) is 8.11. The Balaban J connectivity index is 1.55. The van der Waals surface area contributed by atoms with Crippen molar-refractivity contribution >= 4 is 11.6 Å². The molecule has 3 rings (SSSR count). The third-order valence-corrected chi connectivity index (χ3v) is 5.32. The number of methoxy groups -OCH3 is 2. The van der Waals surface area contributed by atoms with Crippen LogP contribution >= 0.6 is 0 Å². The summed E-state index contributed by atoms with van der Waals surface area (Å²) >= 11 is 0. The van der Waals surface area contributed by atoms with Crippen molar-refractivity contribution in [2.45, 2.75) is 26.1 Å². The van der Waals surface area contributed by atoms with E-state index in [-0.39, 0.29) is 11.9 Å². The summed E-state index contributed by atoms with van der Waals surface area (Å²) in [4.78, 5) is 14.7. The van der Waals surface area contributed by atoms with Crippen LogP contribution in [-0.4, -0.2) is 38.1 Å². The number of benzene rings is 3. The number of hydrogen-bond acceptors (Lipinski definition) is 5. The molecule has 3 aromatic rings. The van der Waals surface area contributed by atoms with Crippen molar-refractivity contribution in [1.29, 1.82) is 0 Å². The van der Waals surface area contributed by atoms with E-state index in [9.17, 15) is 4.79 Å². The Labute approximate surface area is 189 Å². The van der Waals surface area contributed by atoms with Gasteiger partial charge in [-0.3, -0.25) is 9.69 Å². The molecule has 32 heavy (non-hydrogen) atoms. The molecule has 168 valence electrons. The van der Waals surface area contributed by atoms with Gasteiger partial charge in [0.1, 0.15) is 12.4 Å². The van der Waals surface area contributed by atoms with Crippen LogP contribution < -0.4 is 19.5 Å². The number of hydrogen-bond donors (Lipinski definition) is 1. The van der Waals surface area contributed by atoms with Crippen LogP contribution in [0.3, 0.4) is 0 Å². The van der Waals surface area contributed by atoms with Gasteiger partial charge < -0.3 is 19.5 Å². The summed E-state index contributed by atoms with van der Waals surface area (Å²) in [6, 6.07) is 22.8. The van der Waals surface area contributed by atoms with E-state index in [2.05, 4.69) is 5.32 Å². The average Bonchev–Trinajstić information content (AvgIpc) is 2.83. The predicted molar refractivity (Wildman–Crippen MR) is 126 cm³/mol. The molecule has 1 amide bonds. The standard InChI is InChI=1S/C26H30N2O4/c1-19(28(2)17-21-11-8-12-24(30-3)25(21)31-4)26(29)27-22-13-15-23(16-14-22)32-18-20-9-6-5-7-10-20/h5-16,19H,17-18H2,1-4H3,(H,27,29). The zero-order chi connectivity index (χ0) is 22.9. The maximum atomic E-state index is 12.8. The third-order valence-electron chi connectivity index (χ3n) is 5.32. The quantitative estimate of drug-likeness (QED) is 0.499. The molecule has 3 aromatic carbocycles. The van der Waals surface area contributed by atoms with Gasteiger partial charge in [0.15, 0.2) is 11.5 Å². The summed E-state index contributed by atoms with van der Waals surface area (Å²) in [5, 5.41) is 2.97. The highest BCUT2D eigenvalue weighted by atomic mass is 16.5. The fraction of sp³-hybridized carbons (Fsp3) is 0.269. The molecular formula is C26H30N2O4. The maximum absolute atomic E-state index is 12.8. The normalized spacial score (nSPS) is 11.7. The average molecular weight is 435 g/mol. The van der Waals surface area contributed by atoms with Crippen molar-refractivity contribution in [3.05, 3.63) is 83.9 Å². The van der Waals surface area contributed by atoms with Crippen molar-refractivity contribution < 1.29 is 19.0 Å². The van der Waals surface area contributed by atoms with Crippen LogP contribution in [0.5, 0.6) is 17.2 Å². The zero-order valence-corrected chi connectivity index (χ0v) is 19.0. The van der Waals surface area contributed by atoms with Crippen molar-refractivity contribution in [2.75, 3.05) is 26.6 Å². The predicted octanol–water partition coefficient (Wildman–Crippen LogP) is 4.74. The lowest BCUT2D eigenvalue weighted by atomic mass is 10.1. The molecule has 0 aliphatic heterocycles. The van der Waals surface area contributed by atoms with E-state index in [1.165, 1.54) is 0 Å². The Hall–Kier alpha value is -3.51. The molecular weight excluding hydrogens is 404 g/mol. The number of ether oxygens (including phenoxy) is 3. The number of likely N-dealkylation sites (N-methyl/N-ethyl adjacent to an activating group) is 1. The van der Waals surface area contributed by atoms with Crippen LogP contribution in [-0.2, 0) is 17.9 Å². The third kappa shape index (κ3) is 6.02. The van der Waals surface area contributed by atoms with Crippen LogP contribution in [0.1, 0.15) is 18.1 Å². The van der Waals surface area contributed by atoms with Crippen molar-refractivity contribution in [1.82, 2.24) is 4.90 Å². The van der Waals surface area contributed by atoms with Crippen molar-refractivity contribution in [3.63, 3.8) is 0 Å². The van der Waals surface area contributed by atoms with Crippen LogP contribution in [0.25, 0.3) is 0 Å². The molecule has 0 spiro atoms. The number of nitrogens with zero attached hydrogens (tertiary/aromatic N) is 1. The molecule has 0 aromatic heterocycles. The minimum atomic E-state index is -0.347. The van der Waals surface area contributed by atoms with Gasteiger partial charge in [-0.2, -0.15) is 0 Å². The van der Waals surface area contributed by atoms with Gasteiger partial charge in [-0.1, -0.05) is 42.5 Å². The summed E-state index contributed by atoms with van der Waals surface area (Å²) in [6.07, 6.45) is 0. The second-order valence-corrected chi connectivity index (χ2v) is 7.53. The van der Waals surface area contributed by atoms with Gasteiger partial charge in [0, 0.05) is 17.8 Å². The molecule has 0 aliphatic carbocycles. The fourth-order valence-corrected chi connectivity index (χ4v) is 3.31. The van der Waals surface area contributed by atoms with E-state index in [1.807, 2.05) is 91.7 Å². The summed E-state index contributed by atoms with van der Waals surface area (Å²) in [6.45, 7) is 2.92. The molecule has 0 saturated heterocycles. The topological polar surface area (TPSA) is 60.0 Å². The lowest BCUT2D eigenvalue weighted by Crippen LogP contribution is -2.39. The fourth-order valence-electron chi connectivity index (χ4n) is 3.31. The van der Waals surface area contributed by atoms with Gasteiger partial charge in [0.2, 0.25) is 5.91 Å². The number of carbonyl (C=O) groups excluding carboxylic acids is 1. The molecule has 1 N–H and O–H groups in total. The van der Waals surface area contributed by atoms with E-state index in [0.717, 1.165) is 22.6 Å². The largest absolute Gasteiger partial charge is 0.493 e. The molecule has 1 atom stereocenters. The number of para-hydroxylation sites is 1. The van der Waals surface area contributed by atoms with E-state index < -0.39 is 0 Å². The van der Waals surface area contributed by atoms with E-state index in [4.69, 9.17) is 14.2 Å². The first-order valence-corrected chi connectivity index (χ1v) is 10.5. The van der Waals surface area contributed by atoms with E-state index >= 15 is 0 Å². The minimum Gasteiger partial charge on any atom is -0.493 e. The number of carbonyl (C=O) groups is 1. The lowest BCUT2D eigenvalue weighted by Gasteiger charge is -2.25. The Morgan fingerprint density at radius 1 is 0.938 bits per heavy atom. The summed E-state index contributed by atoms with van der Waals surface area (Å²) in [5.41, 5.74) is 2.78. The molecule has 6 heteroatoms. The van der Waals surface area contributed by atoms with Crippen LogP contribution in [0.15, 0.2) is 72.8 Å². The molecule has 0 fully saturated rings. The second-order valence-electron chi connectivity index (χ2n) is 7.53. The van der Waals surface area contributed by atoms with Crippen LogP contribution in [0, 0.1) is 0 Å². The van der Waals surface area contributed by atoms with Gasteiger partial charge in [0.05, 0.1) is 20.3 Å². The van der Waals surface area contributed by atoms with Gasteiger partial charge in [-0.15, -0.1) is 0 Å². The van der Waals surface area contributed by atoms with Crippen LogP contribution in [0.4, 0.5) is 5.69 Å². The molecule has 1 unspecified atom stereocenters. The summed E-state index contributed by atoms with van der Waals surface area (Å²) in [7, 11) is 5.13. The molecule has 0 saturated carbocycles. The smallest absolute Gasteiger partial charge is 0.241 e. The minimum absolute atomic E-state index is 0.0904. The number of anilines is 1. The van der Waals surface area contributed by atoms with Gasteiger partial charge in [-0.25, -0.2) is 0 Å². The van der Waals surface area contributed by atoms with E-state index in [1.54, 1.807) is 14.2 Å². The monoisotopic (exact) mass is 434 g/mol. The Bertz CT molecular complexity index is 1010. The first-order chi connectivity index (χ1) is 15.5. The molecule has 0 radical (unpaired) electrons. The second kappa shape index (κ2) is 11.2. The highest BCUT2D eigenvalue weighted by Crippen LogP contribution is 2.31. The Morgan fingerprint density at radius 3 is 2.31 bits per heavy atom. The highest BCUT2D eigenvalue weighted by molar-refractivity contribution is 5.94. The number of nitrogens with one attached hydrogen (secondary N) is 1. The maximum Gasteiger partial charge on any atom is 0.241 e. The first-order valence-electron chi connectivity index (χ1n) is 10.5. The highest BCUT2D eigenvalue weighted by Gasteiger charge is 2.20. The molecule has 0 heterocycles. The van der Waals surface area contributed by atoms with E-state index in [0.29, 0.717) is 24.7 Å². The van der Waals surface area contributed by atoms with Gasteiger partial charge in [0.25, 0.3) is 0 Å².